The SMILES string of the molecule is COc1ccccc1-c1ccc(N2CCN(C(=O)COc3cc(C)cc(C)c3C)CC2)nn1. The van der Waals surface area contributed by atoms with Crippen molar-refractivity contribution in [2.24, 2.45) is 0 Å². The van der Waals surface area contributed by atoms with Crippen molar-refractivity contribution in [3.8, 4) is 22.8 Å². The maximum atomic E-state index is 12.7. The van der Waals surface area contributed by atoms with Crippen molar-refractivity contribution in [1.82, 2.24) is 15.1 Å². The van der Waals surface area contributed by atoms with E-state index in [0.717, 1.165) is 39.7 Å². The Labute approximate surface area is 195 Å². The van der Waals surface area contributed by atoms with Gasteiger partial charge < -0.3 is 19.3 Å². The molecular weight excluding hydrogens is 416 g/mol. The van der Waals surface area contributed by atoms with Crippen LogP contribution in [0.1, 0.15) is 16.7 Å². The van der Waals surface area contributed by atoms with Crippen LogP contribution in [0.15, 0.2) is 48.5 Å². The first-order chi connectivity index (χ1) is 16.0. The Balaban J connectivity index is 1.33. The van der Waals surface area contributed by atoms with Crippen LogP contribution in [0.3, 0.4) is 0 Å². The zero-order valence-electron chi connectivity index (χ0n) is 19.7. The van der Waals surface area contributed by atoms with Crippen LogP contribution in [-0.4, -0.2) is 60.9 Å². The molecule has 2 heterocycles. The van der Waals surface area contributed by atoms with Gasteiger partial charge in [0, 0.05) is 31.7 Å². The number of ether oxygens (including phenoxy) is 2. The first kappa shape index (κ1) is 22.6. The molecule has 0 unspecified atom stereocenters. The molecule has 2 aromatic carbocycles. The predicted molar refractivity (Wildman–Crippen MR) is 129 cm³/mol. The number of carbonyl (C=O) groups is 1. The second-order valence-corrected chi connectivity index (χ2v) is 8.34. The normalized spacial score (nSPS) is 13.7. The van der Waals surface area contributed by atoms with Gasteiger partial charge in [-0.3, -0.25) is 4.79 Å². The summed E-state index contributed by atoms with van der Waals surface area (Å²) in [5.74, 6) is 2.36. The second kappa shape index (κ2) is 9.90. The van der Waals surface area contributed by atoms with Crippen LogP contribution < -0.4 is 14.4 Å². The molecule has 0 radical (unpaired) electrons. The predicted octanol–water partition coefficient (Wildman–Crippen LogP) is 3.81. The van der Waals surface area contributed by atoms with E-state index in [-0.39, 0.29) is 12.5 Å². The minimum absolute atomic E-state index is 0.00538. The quantitative estimate of drug-likeness (QED) is 0.574. The number of nitrogens with zero attached hydrogens (tertiary/aromatic N) is 4. The number of para-hydroxylation sites is 1. The maximum absolute atomic E-state index is 12.7. The molecule has 172 valence electrons. The highest BCUT2D eigenvalue weighted by atomic mass is 16.5. The minimum atomic E-state index is 0.00538. The largest absolute Gasteiger partial charge is 0.496 e. The molecule has 3 aromatic rings. The Hall–Kier alpha value is -3.61. The first-order valence-corrected chi connectivity index (χ1v) is 11.2. The topological polar surface area (TPSA) is 67.8 Å². The van der Waals surface area contributed by atoms with E-state index in [1.165, 1.54) is 5.56 Å². The molecule has 33 heavy (non-hydrogen) atoms. The van der Waals surface area contributed by atoms with Crippen LogP contribution in [-0.2, 0) is 4.79 Å². The Morgan fingerprint density at radius 2 is 1.70 bits per heavy atom. The van der Waals surface area contributed by atoms with Crippen molar-refractivity contribution < 1.29 is 14.3 Å². The average molecular weight is 447 g/mol. The van der Waals surface area contributed by atoms with Crippen LogP contribution in [0.2, 0.25) is 0 Å². The molecule has 7 heteroatoms. The molecule has 0 saturated carbocycles. The Kier molecular flexibility index (Phi) is 6.77. The zero-order chi connectivity index (χ0) is 23.4. The van der Waals surface area contributed by atoms with Crippen molar-refractivity contribution in [2.75, 3.05) is 44.8 Å². The summed E-state index contributed by atoms with van der Waals surface area (Å²) >= 11 is 0. The summed E-state index contributed by atoms with van der Waals surface area (Å²) in [6.07, 6.45) is 0. The lowest BCUT2D eigenvalue weighted by Crippen LogP contribution is -2.50. The van der Waals surface area contributed by atoms with Gasteiger partial charge in [0.05, 0.1) is 12.8 Å². The standard InChI is InChI=1S/C26H30N4O3/c1-18-15-19(2)20(3)24(16-18)33-17-26(31)30-13-11-29(12-14-30)25-10-9-22(27-28-25)21-7-5-6-8-23(21)32-4/h5-10,15-16H,11-14,17H2,1-4H3. The van der Waals surface area contributed by atoms with E-state index < -0.39 is 0 Å². The van der Waals surface area contributed by atoms with Crippen LogP contribution in [0.5, 0.6) is 11.5 Å². The molecule has 7 nitrogen and oxygen atoms in total. The fourth-order valence-electron chi connectivity index (χ4n) is 4.06. The number of anilines is 1. The summed E-state index contributed by atoms with van der Waals surface area (Å²) < 4.78 is 11.3. The number of hydrogen-bond donors (Lipinski definition) is 0. The van der Waals surface area contributed by atoms with Crippen LogP contribution >= 0.6 is 0 Å². The van der Waals surface area contributed by atoms with E-state index in [4.69, 9.17) is 9.47 Å². The van der Waals surface area contributed by atoms with E-state index in [1.807, 2.05) is 61.2 Å². The number of aryl methyl sites for hydroxylation is 2. The molecule has 0 bridgehead atoms. The molecule has 0 N–H and O–H groups in total. The third-order valence-electron chi connectivity index (χ3n) is 6.10. The molecule has 0 aliphatic carbocycles. The fraction of sp³-hybridized carbons (Fsp3) is 0.346. The van der Waals surface area contributed by atoms with Gasteiger partial charge in [-0.25, -0.2) is 0 Å². The van der Waals surface area contributed by atoms with E-state index in [2.05, 4.69) is 28.1 Å². The van der Waals surface area contributed by atoms with Crippen LogP contribution in [0.4, 0.5) is 5.82 Å². The van der Waals surface area contributed by atoms with Gasteiger partial charge in [0.25, 0.3) is 5.91 Å². The summed E-state index contributed by atoms with van der Waals surface area (Å²) in [7, 11) is 1.65. The molecule has 4 rings (SSSR count). The molecule has 1 aromatic heterocycles. The van der Waals surface area contributed by atoms with Gasteiger partial charge >= 0.3 is 0 Å². The van der Waals surface area contributed by atoms with E-state index in [9.17, 15) is 4.79 Å². The Morgan fingerprint density at radius 1 is 0.939 bits per heavy atom. The molecule has 1 aliphatic heterocycles. The van der Waals surface area contributed by atoms with Gasteiger partial charge in [-0.1, -0.05) is 18.2 Å². The lowest BCUT2D eigenvalue weighted by molar-refractivity contribution is -0.133. The summed E-state index contributed by atoms with van der Waals surface area (Å²) in [6.45, 7) is 8.83. The average Bonchev–Trinajstić information content (AvgIpc) is 2.85. The summed E-state index contributed by atoms with van der Waals surface area (Å²) in [4.78, 5) is 16.7. The Morgan fingerprint density at radius 3 is 2.39 bits per heavy atom. The molecule has 0 spiro atoms. The molecular formula is C26H30N4O3. The number of carbonyl (C=O) groups excluding carboxylic acids is 1. The number of methoxy groups -OCH3 is 1. The van der Waals surface area contributed by atoms with E-state index in [1.54, 1.807) is 7.11 Å². The monoisotopic (exact) mass is 446 g/mol. The highest BCUT2D eigenvalue weighted by molar-refractivity contribution is 5.78. The lowest BCUT2D eigenvalue weighted by atomic mass is 10.1. The second-order valence-electron chi connectivity index (χ2n) is 8.34. The van der Waals surface area contributed by atoms with Gasteiger partial charge in [0.1, 0.15) is 11.5 Å². The summed E-state index contributed by atoms with van der Waals surface area (Å²) in [5.41, 5.74) is 5.06. The van der Waals surface area contributed by atoms with Crippen LogP contribution in [0.25, 0.3) is 11.3 Å². The van der Waals surface area contributed by atoms with Gasteiger partial charge in [0.2, 0.25) is 0 Å². The molecule has 1 saturated heterocycles. The number of benzene rings is 2. The number of piperazine rings is 1. The third kappa shape index (κ3) is 5.08. The van der Waals surface area contributed by atoms with E-state index >= 15 is 0 Å². The van der Waals surface area contributed by atoms with Gasteiger partial charge in [0.15, 0.2) is 12.4 Å². The molecule has 1 aliphatic rings. The van der Waals surface area contributed by atoms with Gasteiger partial charge in [-0.15, -0.1) is 10.2 Å². The number of aromatic nitrogens is 2. The fourth-order valence-corrected chi connectivity index (χ4v) is 4.06. The van der Waals surface area contributed by atoms with Crippen molar-refractivity contribution in [1.29, 1.82) is 0 Å². The smallest absolute Gasteiger partial charge is 0.260 e. The number of amides is 1. The molecule has 1 amide bonds. The minimum Gasteiger partial charge on any atom is -0.496 e. The van der Waals surface area contributed by atoms with Crippen LogP contribution in [0, 0.1) is 20.8 Å². The summed E-state index contributed by atoms with van der Waals surface area (Å²) in [6, 6.07) is 15.8. The molecule has 1 fully saturated rings. The lowest BCUT2D eigenvalue weighted by Gasteiger charge is -2.35. The maximum Gasteiger partial charge on any atom is 0.260 e. The van der Waals surface area contributed by atoms with Gasteiger partial charge in [-0.05, 0) is 67.8 Å². The highest BCUT2D eigenvalue weighted by Crippen LogP contribution is 2.28. The van der Waals surface area contributed by atoms with Crippen molar-refractivity contribution >= 4 is 11.7 Å². The summed E-state index contributed by atoms with van der Waals surface area (Å²) in [5, 5.41) is 8.82. The first-order valence-electron chi connectivity index (χ1n) is 11.2. The highest BCUT2D eigenvalue weighted by Gasteiger charge is 2.23. The van der Waals surface area contributed by atoms with Gasteiger partial charge in [-0.2, -0.15) is 0 Å². The number of rotatable bonds is 6. The number of hydrogen-bond acceptors (Lipinski definition) is 6. The van der Waals surface area contributed by atoms with Crippen molar-refractivity contribution in [3.05, 3.63) is 65.2 Å². The van der Waals surface area contributed by atoms with Crippen molar-refractivity contribution in [2.45, 2.75) is 20.8 Å². The molecule has 0 atom stereocenters. The zero-order valence-corrected chi connectivity index (χ0v) is 19.7. The van der Waals surface area contributed by atoms with Crippen molar-refractivity contribution in [3.63, 3.8) is 0 Å². The third-order valence-corrected chi connectivity index (χ3v) is 6.10. The van der Waals surface area contributed by atoms with E-state index in [0.29, 0.717) is 26.2 Å². The Bertz CT molecular complexity index is 1120.